The number of likely N-dealkylation sites (N-methyl/N-ethyl adjacent to an activating group) is 1. The fraction of sp³-hybridized carbons (Fsp3) is 0.636. The predicted octanol–water partition coefficient (Wildman–Crippen LogP) is 1.08. The van der Waals surface area contributed by atoms with Gasteiger partial charge in [0.15, 0.2) is 0 Å². The lowest BCUT2D eigenvalue weighted by Gasteiger charge is -2.17. The van der Waals surface area contributed by atoms with Crippen LogP contribution in [-0.4, -0.2) is 41.5 Å². The van der Waals surface area contributed by atoms with Gasteiger partial charge < -0.3 is 10.2 Å². The summed E-state index contributed by atoms with van der Waals surface area (Å²) in [6.07, 6.45) is 5.23. The monoisotopic (exact) mass is 208 g/mol. The topological polar surface area (TPSA) is 41.0 Å². The second kappa shape index (κ2) is 6.48. The van der Waals surface area contributed by atoms with Crippen molar-refractivity contribution < 1.29 is 0 Å². The van der Waals surface area contributed by atoms with Crippen LogP contribution in [0.3, 0.4) is 0 Å². The maximum Gasteiger partial charge on any atom is 0.0753 e. The molecule has 1 N–H and O–H groups in total. The zero-order valence-corrected chi connectivity index (χ0v) is 9.77. The van der Waals surface area contributed by atoms with Crippen molar-refractivity contribution in [3.05, 3.63) is 24.3 Å². The maximum atomic E-state index is 4.26. The molecule has 0 spiro atoms. The van der Waals surface area contributed by atoms with Gasteiger partial charge in [0, 0.05) is 37.7 Å². The summed E-state index contributed by atoms with van der Waals surface area (Å²) in [5.74, 6) is 0. The van der Waals surface area contributed by atoms with Gasteiger partial charge in [-0.1, -0.05) is 6.92 Å². The molecule has 0 bridgehead atoms. The summed E-state index contributed by atoms with van der Waals surface area (Å²) in [7, 11) is 2.12. The highest BCUT2D eigenvalue weighted by atomic mass is 15.1. The van der Waals surface area contributed by atoms with Crippen LogP contribution in [0, 0.1) is 0 Å². The van der Waals surface area contributed by atoms with E-state index >= 15 is 0 Å². The highest BCUT2D eigenvalue weighted by Gasteiger charge is 2.05. The van der Waals surface area contributed by atoms with Crippen molar-refractivity contribution >= 4 is 0 Å². The second-order valence-electron chi connectivity index (χ2n) is 3.70. The molecule has 0 fully saturated rings. The van der Waals surface area contributed by atoms with Crippen LogP contribution in [-0.2, 0) is 0 Å². The molecule has 84 valence electrons. The molecular weight excluding hydrogens is 188 g/mol. The minimum absolute atomic E-state index is 0.268. The van der Waals surface area contributed by atoms with Gasteiger partial charge in [-0.2, -0.15) is 0 Å². The van der Waals surface area contributed by atoms with Gasteiger partial charge in [-0.05, 0) is 20.5 Å². The Labute approximate surface area is 91.7 Å². The molecule has 0 radical (unpaired) electrons. The van der Waals surface area contributed by atoms with Gasteiger partial charge in [-0.15, -0.1) is 0 Å². The average Bonchev–Trinajstić information content (AvgIpc) is 2.29. The van der Waals surface area contributed by atoms with E-state index in [1.165, 1.54) is 0 Å². The smallest absolute Gasteiger partial charge is 0.0753 e. The molecule has 0 aliphatic carbocycles. The van der Waals surface area contributed by atoms with Crippen LogP contribution in [0.25, 0.3) is 0 Å². The normalized spacial score (nSPS) is 13.1. The maximum absolute atomic E-state index is 4.26. The Balaban J connectivity index is 2.28. The Bertz CT molecular complexity index is 263. The van der Waals surface area contributed by atoms with Gasteiger partial charge >= 0.3 is 0 Å². The SMILES string of the molecule is CCN(C)CCNC(C)c1cnccn1. The van der Waals surface area contributed by atoms with Crippen LogP contribution in [0.5, 0.6) is 0 Å². The number of nitrogens with zero attached hydrogens (tertiary/aromatic N) is 3. The number of hydrogen-bond acceptors (Lipinski definition) is 4. The summed E-state index contributed by atoms with van der Waals surface area (Å²) < 4.78 is 0. The highest BCUT2D eigenvalue weighted by molar-refractivity contribution is 5.00. The molecule has 1 heterocycles. The standard InChI is InChI=1S/C11H20N4/c1-4-15(3)8-7-13-10(2)11-9-12-5-6-14-11/h5-6,9-10,13H,4,7-8H2,1-3H3. The molecule has 1 aromatic heterocycles. The van der Waals surface area contributed by atoms with E-state index < -0.39 is 0 Å². The first-order valence-corrected chi connectivity index (χ1v) is 5.42. The molecule has 15 heavy (non-hydrogen) atoms. The zero-order chi connectivity index (χ0) is 11.1. The molecular formula is C11H20N4. The van der Waals surface area contributed by atoms with E-state index in [9.17, 15) is 0 Å². The summed E-state index contributed by atoms with van der Waals surface area (Å²) in [5.41, 5.74) is 0.997. The van der Waals surface area contributed by atoms with E-state index in [-0.39, 0.29) is 6.04 Å². The predicted molar refractivity (Wildman–Crippen MR) is 61.6 cm³/mol. The first-order chi connectivity index (χ1) is 7.24. The molecule has 0 amide bonds. The first kappa shape index (κ1) is 12.1. The second-order valence-corrected chi connectivity index (χ2v) is 3.70. The summed E-state index contributed by atoms with van der Waals surface area (Å²) in [6.45, 7) is 7.38. The minimum atomic E-state index is 0.268. The summed E-state index contributed by atoms with van der Waals surface area (Å²) in [5, 5.41) is 3.42. The lowest BCUT2D eigenvalue weighted by atomic mass is 10.2. The van der Waals surface area contributed by atoms with Gasteiger partial charge in [0.05, 0.1) is 5.69 Å². The first-order valence-electron chi connectivity index (χ1n) is 5.42. The largest absolute Gasteiger partial charge is 0.308 e. The summed E-state index contributed by atoms with van der Waals surface area (Å²) in [4.78, 5) is 10.6. The minimum Gasteiger partial charge on any atom is -0.308 e. The third-order valence-electron chi connectivity index (χ3n) is 2.51. The van der Waals surface area contributed by atoms with Crippen molar-refractivity contribution in [3.8, 4) is 0 Å². The number of rotatable bonds is 6. The van der Waals surface area contributed by atoms with Gasteiger partial charge in [-0.3, -0.25) is 9.97 Å². The fourth-order valence-electron chi connectivity index (χ4n) is 1.27. The molecule has 4 heteroatoms. The van der Waals surface area contributed by atoms with Crippen LogP contribution >= 0.6 is 0 Å². The molecule has 1 aromatic rings. The van der Waals surface area contributed by atoms with E-state index in [1.54, 1.807) is 18.6 Å². The van der Waals surface area contributed by atoms with E-state index in [0.717, 1.165) is 25.3 Å². The van der Waals surface area contributed by atoms with E-state index in [1.807, 2.05) is 0 Å². The number of hydrogen-bond donors (Lipinski definition) is 1. The van der Waals surface area contributed by atoms with Crippen LogP contribution < -0.4 is 5.32 Å². The fourth-order valence-corrected chi connectivity index (χ4v) is 1.27. The van der Waals surface area contributed by atoms with Crippen molar-refractivity contribution in [2.45, 2.75) is 19.9 Å². The molecule has 1 atom stereocenters. The van der Waals surface area contributed by atoms with Crippen molar-refractivity contribution in [1.82, 2.24) is 20.2 Å². The highest BCUT2D eigenvalue weighted by Crippen LogP contribution is 2.05. The van der Waals surface area contributed by atoms with Crippen LogP contribution in [0.4, 0.5) is 0 Å². The molecule has 1 unspecified atom stereocenters. The Hall–Kier alpha value is -1.00. The molecule has 1 rings (SSSR count). The molecule has 0 aromatic carbocycles. The van der Waals surface area contributed by atoms with Crippen molar-refractivity contribution in [2.75, 3.05) is 26.7 Å². The van der Waals surface area contributed by atoms with Gasteiger partial charge in [0.1, 0.15) is 0 Å². The van der Waals surface area contributed by atoms with E-state index in [4.69, 9.17) is 0 Å². The van der Waals surface area contributed by atoms with Gasteiger partial charge in [-0.25, -0.2) is 0 Å². The van der Waals surface area contributed by atoms with Gasteiger partial charge in [0.25, 0.3) is 0 Å². The quantitative estimate of drug-likeness (QED) is 0.759. The molecule has 0 saturated carbocycles. The third-order valence-corrected chi connectivity index (χ3v) is 2.51. The average molecular weight is 208 g/mol. The van der Waals surface area contributed by atoms with Crippen LogP contribution in [0.15, 0.2) is 18.6 Å². The molecule has 0 saturated heterocycles. The number of aromatic nitrogens is 2. The van der Waals surface area contributed by atoms with Crippen molar-refractivity contribution in [1.29, 1.82) is 0 Å². The Morgan fingerprint density at radius 2 is 2.27 bits per heavy atom. The van der Waals surface area contributed by atoms with Crippen LogP contribution in [0.1, 0.15) is 25.6 Å². The Kier molecular flexibility index (Phi) is 5.21. The van der Waals surface area contributed by atoms with E-state index in [0.29, 0.717) is 0 Å². The summed E-state index contributed by atoms with van der Waals surface area (Å²) >= 11 is 0. The molecule has 0 aliphatic rings. The molecule has 0 aliphatic heterocycles. The lowest BCUT2D eigenvalue weighted by molar-refractivity contribution is 0.341. The third kappa shape index (κ3) is 4.36. The summed E-state index contributed by atoms with van der Waals surface area (Å²) in [6, 6.07) is 0.268. The Morgan fingerprint density at radius 1 is 1.47 bits per heavy atom. The van der Waals surface area contributed by atoms with E-state index in [2.05, 4.69) is 41.1 Å². The Morgan fingerprint density at radius 3 is 2.87 bits per heavy atom. The van der Waals surface area contributed by atoms with Gasteiger partial charge in [0.2, 0.25) is 0 Å². The zero-order valence-electron chi connectivity index (χ0n) is 9.77. The van der Waals surface area contributed by atoms with Crippen LogP contribution in [0.2, 0.25) is 0 Å². The van der Waals surface area contributed by atoms with Crippen molar-refractivity contribution in [3.63, 3.8) is 0 Å². The van der Waals surface area contributed by atoms with Crippen molar-refractivity contribution in [2.24, 2.45) is 0 Å². The number of nitrogens with one attached hydrogen (secondary N) is 1. The lowest BCUT2D eigenvalue weighted by Crippen LogP contribution is -2.30. The molecule has 4 nitrogen and oxygen atoms in total.